The number of aryl methyl sites for hydroxylation is 1. The van der Waals surface area contributed by atoms with Crippen LogP contribution in [0.1, 0.15) is 46.6 Å². The molecular weight excluding hydrogens is 460 g/mol. The van der Waals surface area contributed by atoms with E-state index in [0.717, 1.165) is 11.1 Å². The van der Waals surface area contributed by atoms with E-state index in [1.165, 1.54) is 24.3 Å². The number of rotatable bonds is 4. The van der Waals surface area contributed by atoms with E-state index in [4.69, 9.17) is 0 Å². The smallest absolute Gasteiger partial charge is 0.320 e. The van der Waals surface area contributed by atoms with Crippen molar-refractivity contribution in [1.29, 1.82) is 5.26 Å². The van der Waals surface area contributed by atoms with Gasteiger partial charge >= 0.3 is 6.18 Å². The SMILES string of the molecule is CC1=NC(Cc2ccc(F)cc2)C(C)=C1NC(=O)c1cc(C(F)(F)F)nc2c(C#N)cc(C)cc12. The molecule has 0 radical (unpaired) electrons. The maximum atomic E-state index is 13.6. The lowest BCUT2D eigenvalue weighted by Crippen LogP contribution is -2.27. The third kappa shape index (κ3) is 4.78. The molecule has 1 aromatic heterocycles. The summed E-state index contributed by atoms with van der Waals surface area (Å²) >= 11 is 0. The Bertz CT molecular complexity index is 1450. The van der Waals surface area contributed by atoms with Gasteiger partial charge in [-0.15, -0.1) is 0 Å². The molecule has 4 rings (SSSR count). The summed E-state index contributed by atoms with van der Waals surface area (Å²) in [5.74, 6) is -1.11. The number of nitrogens with zero attached hydrogens (tertiary/aromatic N) is 3. The topological polar surface area (TPSA) is 78.1 Å². The van der Waals surface area contributed by atoms with Crippen LogP contribution < -0.4 is 5.32 Å². The molecule has 178 valence electrons. The summed E-state index contributed by atoms with van der Waals surface area (Å²) in [4.78, 5) is 21.5. The summed E-state index contributed by atoms with van der Waals surface area (Å²) in [6, 6.07) is 11.2. The van der Waals surface area contributed by atoms with Gasteiger partial charge in [0.1, 0.15) is 17.6 Å². The highest BCUT2D eigenvalue weighted by Crippen LogP contribution is 2.33. The Morgan fingerprint density at radius 2 is 1.80 bits per heavy atom. The summed E-state index contributed by atoms with van der Waals surface area (Å²) in [6.45, 7) is 5.17. The van der Waals surface area contributed by atoms with E-state index in [0.29, 0.717) is 29.5 Å². The Morgan fingerprint density at radius 1 is 1.11 bits per heavy atom. The van der Waals surface area contributed by atoms with Crippen LogP contribution in [0.3, 0.4) is 0 Å². The fraction of sp³-hybridized carbons (Fsp3) is 0.231. The zero-order chi connectivity index (χ0) is 25.5. The lowest BCUT2D eigenvalue weighted by molar-refractivity contribution is -0.140. The molecule has 9 heteroatoms. The summed E-state index contributed by atoms with van der Waals surface area (Å²) in [6.07, 6.45) is -4.33. The molecule has 2 heterocycles. The number of allylic oxidation sites excluding steroid dienone is 1. The molecule has 1 N–H and O–H groups in total. The number of amides is 1. The number of fused-ring (bicyclic) bond motifs is 1. The molecule has 1 aliphatic rings. The van der Waals surface area contributed by atoms with Gasteiger partial charge in [-0.1, -0.05) is 12.1 Å². The quantitative estimate of drug-likeness (QED) is 0.490. The number of pyridine rings is 1. The zero-order valence-electron chi connectivity index (χ0n) is 19.1. The number of aromatic nitrogens is 1. The maximum absolute atomic E-state index is 13.6. The minimum Gasteiger partial charge on any atom is -0.320 e. The molecule has 1 unspecified atom stereocenters. The monoisotopic (exact) mass is 480 g/mol. The summed E-state index contributed by atoms with van der Waals surface area (Å²) in [5, 5.41) is 12.3. The Balaban J connectivity index is 1.73. The third-order valence-corrected chi connectivity index (χ3v) is 5.90. The number of halogens is 4. The minimum atomic E-state index is -4.80. The Hall–Kier alpha value is -4.06. The van der Waals surface area contributed by atoms with Gasteiger partial charge in [0.25, 0.3) is 5.91 Å². The molecule has 1 atom stereocenters. The molecule has 1 aliphatic heterocycles. The van der Waals surface area contributed by atoms with Crippen molar-refractivity contribution in [2.75, 3.05) is 0 Å². The van der Waals surface area contributed by atoms with Crippen molar-refractivity contribution in [2.45, 2.75) is 39.4 Å². The van der Waals surface area contributed by atoms with Crippen LogP contribution in [0, 0.1) is 24.1 Å². The first kappa shape index (κ1) is 24.1. The van der Waals surface area contributed by atoms with Crippen LogP contribution in [-0.4, -0.2) is 22.6 Å². The van der Waals surface area contributed by atoms with Crippen molar-refractivity contribution in [3.8, 4) is 6.07 Å². The van der Waals surface area contributed by atoms with Crippen LogP contribution >= 0.6 is 0 Å². The predicted octanol–water partition coefficient (Wildman–Crippen LogP) is 5.66. The van der Waals surface area contributed by atoms with Crippen molar-refractivity contribution >= 4 is 22.5 Å². The first-order chi connectivity index (χ1) is 16.5. The van der Waals surface area contributed by atoms with Crippen molar-refractivity contribution in [3.05, 3.63) is 87.5 Å². The average Bonchev–Trinajstić information content (AvgIpc) is 3.05. The minimum absolute atomic E-state index is 0.0477. The highest BCUT2D eigenvalue weighted by molar-refractivity contribution is 6.12. The number of alkyl halides is 3. The first-order valence-electron chi connectivity index (χ1n) is 10.7. The fourth-order valence-corrected chi connectivity index (χ4v) is 4.15. The van der Waals surface area contributed by atoms with Gasteiger partial charge < -0.3 is 5.32 Å². The molecule has 5 nitrogen and oxygen atoms in total. The van der Waals surface area contributed by atoms with Gasteiger partial charge in [-0.3, -0.25) is 9.79 Å². The highest BCUT2D eigenvalue weighted by atomic mass is 19.4. The van der Waals surface area contributed by atoms with Crippen LogP contribution in [0.2, 0.25) is 0 Å². The van der Waals surface area contributed by atoms with E-state index in [9.17, 15) is 27.6 Å². The molecule has 0 spiro atoms. The van der Waals surface area contributed by atoms with E-state index in [1.807, 2.05) is 6.07 Å². The highest BCUT2D eigenvalue weighted by Gasteiger charge is 2.35. The van der Waals surface area contributed by atoms with Crippen molar-refractivity contribution in [1.82, 2.24) is 10.3 Å². The number of nitrogens with one attached hydrogen (secondary N) is 1. The molecule has 35 heavy (non-hydrogen) atoms. The number of nitriles is 1. The normalized spacial score (nSPS) is 15.8. The second-order valence-electron chi connectivity index (χ2n) is 8.45. The number of carbonyl (C=O) groups is 1. The predicted molar refractivity (Wildman–Crippen MR) is 123 cm³/mol. The van der Waals surface area contributed by atoms with Crippen molar-refractivity contribution in [3.63, 3.8) is 0 Å². The number of carbonyl (C=O) groups excluding carboxylic acids is 1. The fourth-order valence-electron chi connectivity index (χ4n) is 4.15. The molecule has 1 amide bonds. The molecule has 0 aliphatic carbocycles. The van der Waals surface area contributed by atoms with Crippen molar-refractivity contribution < 1.29 is 22.4 Å². The molecule has 0 fully saturated rings. The zero-order valence-corrected chi connectivity index (χ0v) is 19.1. The van der Waals surface area contributed by atoms with Gasteiger partial charge in [-0.25, -0.2) is 9.37 Å². The van der Waals surface area contributed by atoms with Gasteiger partial charge in [0.15, 0.2) is 0 Å². The second-order valence-corrected chi connectivity index (χ2v) is 8.45. The molecule has 2 aromatic carbocycles. The van der Waals surface area contributed by atoms with Crippen LogP contribution in [0.4, 0.5) is 17.6 Å². The number of hydrogen-bond acceptors (Lipinski definition) is 4. The Kier molecular flexibility index (Phi) is 6.15. The largest absolute Gasteiger partial charge is 0.433 e. The molecule has 0 bridgehead atoms. The van der Waals surface area contributed by atoms with Crippen LogP contribution in [-0.2, 0) is 12.6 Å². The van der Waals surface area contributed by atoms with Gasteiger partial charge in [0.05, 0.1) is 34.1 Å². The third-order valence-electron chi connectivity index (χ3n) is 5.90. The van der Waals surface area contributed by atoms with Crippen LogP contribution in [0.25, 0.3) is 10.9 Å². The first-order valence-corrected chi connectivity index (χ1v) is 10.7. The van der Waals surface area contributed by atoms with Gasteiger partial charge in [0.2, 0.25) is 0 Å². The Morgan fingerprint density at radius 3 is 2.43 bits per heavy atom. The van der Waals surface area contributed by atoms with Gasteiger partial charge in [0, 0.05) is 5.39 Å². The summed E-state index contributed by atoms with van der Waals surface area (Å²) < 4.78 is 53.9. The van der Waals surface area contributed by atoms with Crippen molar-refractivity contribution in [2.24, 2.45) is 4.99 Å². The van der Waals surface area contributed by atoms with E-state index >= 15 is 0 Å². The van der Waals surface area contributed by atoms with E-state index < -0.39 is 17.8 Å². The lowest BCUT2D eigenvalue weighted by Gasteiger charge is -2.15. The number of aliphatic imine (C=N–C) groups is 1. The van der Waals surface area contributed by atoms with E-state index in [-0.39, 0.29) is 33.9 Å². The molecule has 0 saturated heterocycles. The Labute approximate surface area is 198 Å². The number of hydrogen-bond donors (Lipinski definition) is 1. The van der Waals surface area contributed by atoms with Crippen LogP contribution in [0.5, 0.6) is 0 Å². The second kappa shape index (κ2) is 8.95. The maximum Gasteiger partial charge on any atom is 0.433 e. The molecule has 0 saturated carbocycles. The summed E-state index contributed by atoms with van der Waals surface area (Å²) in [7, 11) is 0. The standard InChI is InChI=1S/C26H20F4N4O/c1-13-8-17(12-31)24-19(9-13)20(11-22(33-24)26(28,29)30)25(35)34-23-14(2)21(32-15(23)3)10-16-4-6-18(27)7-5-16/h4-9,11,21H,10H2,1-3H3,(H,34,35). The van der Waals surface area contributed by atoms with E-state index in [2.05, 4.69) is 15.3 Å². The van der Waals surface area contributed by atoms with Gasteiger partial charge in [-0.2, -0.15) is 18.4 Å². The average molecular weight is 480 g/mol. The summed E-state index contributed by atoms with van der Waals surface area (Å²) in [5.41, 5.74) is 1.43. The van der Waals surface area contributed by atoms with Gasteiger partial charge in [-0.05, 0) is 74.2 Å². The number of benzene rings is 2. The van der Waals surface area contributed by atoms with E-state index in [1.54, 1.807) is 32.9 Å². The molecular formula is C26H20F4N4O. The lowest BCUT2D eigenvalue weighted by atomic mass is 9.99. The molecule has 3 aromatic rings. The van der Waals surface area contributed by atoms with Crippen LogP contribution in [0.15, 0.2) is 58.7 Å².